The first-order valence-electron chi connectivity index (χ1n) is 13.9. The van der Waals surface area contributed by atoms with Crippen LogP contribution in [0.5, 0.6) is 6.01 Å². The average molecular weight is 555 g/mol. The summed E-state index contributed by atoms with van der Waals surface area (Å²) < 4.78 is 17.1. The van der Waals surface area contributed by atoms with Gasteiger partial charge in [-0.1, -0.05) is 30.3 Å². The van der Waals surface area contributed by atoms with Crippen LogP contribution in [0.15, 0.2) is 30.3 Å². The Balaban J connectivity index is 1.44. The van der Waals surface area contributed by atoms with E-state index in [0.717, 1.165) is 35.6 Å². The molecule has 0 bridgehead atoms. The van der Waals surface area contributed by atoms with Gasteiger partial charge in [-0.2, -0.15) is 9.97 Å². The summed E-state index contributed by atoms with van der Waals surface area (Å²) in [5, 5.41) is 0. The number of benzene rings is 1. The number of aromatic nitrogens is 2. The van der Waals surface area contributed by atoms with Gasteiger partial charge in [0.25, 0.3) is 0 Å². The molecule has 4 rings (SSSR count). The molecule has 2 amide bonds. The first kappa shape index (κ1) is 29.4. The van der Waals surface area contributed by atoms with E-state index in [4.69, 9.17) is 24.2 Å². The zero-order valence-electron chi connectivity index (χ0n) is 24.4. The minimum absolute atomic E-state index is 0.252. The van der Waals surface area contributed by atoms with E-state index in [1.54, 1.807) is 9.80 Å². The second-order valence-electron chi connectivity index (χ2n) is 11.4. The van der Waals surface area contributed by atoms with Crippen LogP contribution < -0.4 is 9.64 Å². The Morgan fingerprint density at radius 1 is 0.950 bits per heavy atom. The summed E-state index contributed by atoms with van der Waals surface area (Å²) in [6.07, 6.45) is 0.793. The molecular formula is C29H42N6O5. The van der Waals surface area contributed by atoms with Crippen molar-refractivity contribution in [3.63, 3.8) is 0 Å². The molecule has 2 aliphatic heterocycles. The Hall–Kier alpha value is -3.60. The topological polar surface area (TPSA) is 101 Å². The van der Waals surface area contributed by atoms with Crippen molar-refractivity contribution < 1.29 is 23.8 Å². The number of carbonyl (C=O) groups is 2. The SMILES string of the molecule is CN(C)CCCOc1nc2c(c(N3CCN(C(=O)OCc4ccccc4)CC3)n1)CCN(C(=O)OC(C)(C)C)C2. The number of piperazine rings is 1. The lowest BCUT2D eigenvalue weighted by Gasteiger charge is -2.37. The summed E-state index contributed by atoms with van der Waals surface area (Å²) >= 11 is 0. The predicted octanol–water partition coefficient (Wildman–Crippen LogP) is 3.56. The Kier molecular flexibility index (Phi) is 9.67. The number of carbonyl (C=O) groups excluding carboxylic acids is 2. The predicted molar refractivity (Wildman–Crippen MR) is 151 cm³/mol. The number of anilines is 1. The molecule has 1 saturated heterocycles. The van der Waals surface area contributed by atoms with Crippen molar-refractivity contribution in [2.45, 2.75) is 52.4 Å². The lowest BCUT2D eigenvalue weighted by Crippen LogP contribution is -2.50. The number of amides is 2. The van der Waals surface area contributed by atoms with Crippen LogP contribution in [0.1, 0.15) is 44.0 Å². The Morgan fingerprint density at radius 2 is 1.68 bits per heavy atom. The maximum absolute atomic E-state index is 12.8. The number of rotatable bonds is 8. The Labute approximate surface area is 237 Å². The monoisotopic (exact) mass is 554 g/mol. The number of hydrogen-bond donors (Lipinski definition) is 0. The van der Waals surface area contributed by atoms with Crippen LogP contribution in [0, 0.1) is 0 Å². The van der Waals surface area contributed by atoms with E-state index in [1.807, 2.05) is 65.2 Å². The first-order valence-corrected chi connectivity index (χ1v) is 13.9. The van der Waals surface area contributed by atoms with E-state index >= 15 is 0 Å². The van der Waals surface area contributed by atoms with E-state index in [0.29, 0.717) is 58.3 Å². The molecular weight excluding hydrogens is 512 g/mol. The molecule has 1 aromatic heterocycles. The number of nitrogens with zero attached hydrogens (tertiary/aromatic N) is 6. The fraction of sp³-hybridized carbons (Fsp3) is 0.586. The van der Waals surface area contributed by atoms with Gasteiger partial charge in [0.15, 0.2) is 0 Å². The summed E-state index contributed by atoms with van der Waals surface area (Å²) in [7, 11) is 4.05. The van der Waals surface area contributed by atoms with Crippen molar-refractivity contribution in [2.75, 3.05) is 64.9 Å². The summed E-state index contributed by atoms with van der Waals surface area (Å²) in [6, 6.07) is 9.98. The van der Waals surface area contributed by atoms with Gasteiger partial charge in [-0.3, -0.25) is 0 Å². The van der Waals surface area contributed by atoms with Gasteiger partial charge in [-0.05, 0) is 53.3 Å². The fourth-order valence-corrected chi connectivity index (χ4v) is 4.65. The smallest absolute Gasteiger partial charge is 0.410 e. The van der Waals surface area contributed by atoms with Gasteiger partial charge in [0.1, 0.15) is 18.0 Å². The molecule has 1 aromatic carbocycles. The van der Waals surface area contributed by atoms with Gasteiger partial charge < -0.3 is 33.8 Å². The molecule has 0 aliphatic carbocycles. The minimum Gasteiger partial charge on any atom is -0.463 e. The van der Waals surface area contributed by atoms with Crippen LogP contribution in [0.25, 0.3) is 0 Å². The molecule has 2 aromatic rings. The highest BCUT2D eigenvalue weighted by Crippen LogP contribution is 2.30. The maximum atomic E-state index is 12.8. The van der Waals surface area contributed by atoms with Crippen LogP contribution in [0.4, 0.5) is 15.4 Å². The standard InChI is InChI=1S/C29H42N6O5/c1-29(2,3)40-28(37)35-14-12-23-24(20-35)30-26(38-19-9-13-32(4)5)31-25(23)33-15-17-34(18-16-33)27(36)39-21-22-10-7-6-8-11-22/h6-8,10-11H,9,12-21H2,1-5H3. The highest BCUT2D eigenvalue weighted by atomic mass is 16.6. The number of fused-ring (bicyclic) bond motifs is 1. The quantitative estimate of drug-likeness (QED) is 0.454. The summed E-state index contributed by atoms with van der Waals surface area (Å²) in [5.74, 6) is 0.814. The molecule has 0 saturated carbocycles. The minimum atomic E-state index is -0.573. The van der Waals surface area contributed by atoms with Crippen LogP contribution in [-0.2, 0) is 29.0 Å². The van der Waals surface area contributed by atoms with E-state index in [9.17, 15) is 9.59 Å². The molecule has 2 aliphatic rings. The van der Waals surface area contributed by atoms with E-state index in [-0.39, 0.29) is 18.8 Å². The molecule has 0 unspecified atom stereocenters. The maximum Gasteiger partial charge on any atom is 0.410 e. The van der Waals surface area contributed by atoms with Gasteiger partial charge in [0.2, 0.25) is 0 Å². The van der Waals surface area contributed by atoms with E-state index in [2.05, 4.69) is 9.80 Å². The van der Waals surface area contributed by atoms with Crippen molar-refractivity contribution in [1.82, 2.24) is 24.7 Å². The van der Waals surface area contributed by atoms with Crippen LogP contribution in [0.2, 0.25) is 0 Å². The van der Waals surface area contributed by atoms with Gasteiger partial charge in [0.05, 0.1) is 18.8 Å². The third-order valence-electron chi connectivity index (χ3n) is 6.70. The van der Waals surface area contributed by atoms with Crippen molar-refractivity contribution in [3.8, 4) is 6.01 Å². The highest BCUT2D eigenvalue weighted by Gasteiger charge is 2.32. The highest BCUT2D eigenvalue weighted by molar-refractivity contribution is 5.69. The van der Waals surface area contributed by atoms with Crippen molar-refractivity contribution >= 4 is 18.0 Å². The van der Waals surface area contributed by atoms with Crippen LogP contribution in [-0.4, -0.2) is 102 Å². The second kappa shape index (κ2) is 13.2. The van der Waals surface area contributed by atoms with Crippen LogP contribution in [0.3, 0.4) is 0 Å². The lowest BCUT2D eigenvalue weighted by molar-refractivity contribution is 0.0220. The molecule has 0 radical (unpaired) electrons. The molecule has 3 heterocycles. The van der Waals surface area contributed by atoms with Gasteiger partial charge in [0, 0.05) is 44.8 Å². The molecule has 0 atom stereocenters. The third kappa shape index (κ3) is 8.20. The normalized spacial score (nSPS) is 15.6. The second-order valence-corrected chi connectivity index (χ2v) is 11.4. The number of hydrogen-bond acceptors (Lipinski definition) is 9. The molecule has 11 heteroatoms. The molecule has 1 fully saturated rings. The van der Waals surface area contributed by atoms with E-state index < -0.39 is 5.60 Å². The molecule has 11 nitrogen and oxygen atoms in total. The van der Waals surface area contributed by atoms with Gasteiger partial charge in [-0.15, -0.1) is 0 Å². The average Bonchev–Trinajstić information content (AvgIpc) is 2.93. The molecule has 40 heavy (non-hydrogen) atoms. The van der Waals surface area contributed by atoms with E-state index in [1.165, 1.54) is 0 Å². The summed E-state index contributed by atoms with van der Waals surface area (Å²) in [4.78, 5) is 42.7. The fourth-order valence-electron chi connectivity index (χ4n) is 4.65. The largest absolute Gasteiger partial charge is 0.463 e. The van der Waals surface area contributed by atoms with Crippen molar-refractivity contribution in [1.29, 1.82) is 0 Å². The molecule has 218 valence electrons. The lowest BCUT2D eigenvalue weighted by atomic mass is 10.0. The van der Waals surface area contributed by atoms with Crippen molar-refractivity contribution in [3.05, 3.63) is 47.2 Å². The zero-order valence-corrected chi connectivity index (χ0v) is 24.4. The first-order chi connectivity index (χ1) is 19.1. The molecule has 0 N–H and O–H groups in total. The van der Waals surface area contributed by atoms with Crippen LogP contribution >= 0.6 is 0 Å². The third-order valence-corrected chi connectivity index (χ3v) is 6.70. The van der Waals surface area contributed by atoms with Gasteiger partial charge in [-0.25, -0.2) is 9.59 Å². The Bertz CT molecular complexity index is 1150. The molecule has 0 spiro atoms. The summed E-state index contributed by atoms with van der Waals surface area (Å²) in [5.41, 5.74) is 2.17. The van der Waals surface area contributed by atoms with Gasteiger partial charge >= 0.3 is 18.2 Å². The Morgan fingerprint density at radius 3 is 2.35 bits per heavy atom. The number of ether oxygens (including phenoxy) is 3. The van der Waals surface area contributed by atoms with Crippen molar-refractivity contribution in [2.24, 2.45) is 0 Å². The zero-order chi connectivity index (χ0) is 28.7. The summed E-state index contributed by atoms with van der Waals surface area (Å²) in [6.45, 7) is 10.3.